The van der Waals surface area contributed by atoms with Crippen LogP contribution in [0, 0.1) is 0 Å². The van der Waals surface area contributed by atoms with E-state index < -0.39 is 0 Å². The molecule has 7 heteroatoms. The molecule has 2 aromatic carbocycles. The zero-order valence-corrected chi connectivity index (χ0v) is 16.6. The molecule has 1 N–H and O–H groups in total. The van der Waals surface area contributed by atoms with Gasteiger partial charge >= 0.3 is 0 Å². The quantitative estimate of drug-likeness (QED) is 0.673. The van der Waals surface area contributed by atoms with Gasteiger partial charge in [0.25, 0.3) is 0 Å². The largest absolute Gasteiger partial charge is 0.353 e. The van der Waals surface area contributed by atoms with Gasteiger partial charge in [-0.05, 0) is 37.7 Å². The predicted octanol–water partition coefficient (Wildman–Crippen LogP) is 4.82. The van der Waals surface area contributed by atoms with Gasteiger partial charge in [0.05, 0.1) is 0 Å². The highest BCUT2D eigenvalue weighted by molar-refractivity contribution is 6.31. The molecule has 0 radical (unpaired) electrons. The number of likely N-dealkylation sites (N-methyl/N-ethyl adjacent to an activating group) is 1. The molecule has 1 aliphatic heterocycles. The van der Waals surface area contributed by atoms with Crippen LogP contribution in [0.15, 0.2) is 42.5 Å². The van der Waals surface area contributed by atoms with Crippen LogP contribution in [0.1, 0.15) is 6.42 Å². The monoisotopic (exact) mass is 408 g/mol. The average molecular weight is 410 g/mol. The molecular weight excluding hydrogens is 391 g/mol. The summed E-state index contributed by atoms with van der Waals surface area (Å²) in [5, 5.41) is 15.9. The molecule has 1 unspecified atom stereocenters. The number of hydrogen-bond acceptors (Lipinski definition) is 4. The number of nitrogens with zero attached hydrogens (tertiary/aromatic N) is 3. The van der Waals surface area contributed by atoms with Crippen LogP contribution in [0.4, 0.5) is 5.82 Å². The lowest BCUT2D eigenvalue weighted by molar-refractivity contribution is 0.616. The van der Waals surface area contributed by atoms with Crippen LogP contribution in [0.5, 0.6) is 0 Å². The first-order chi connectivity index (χ1) is 12.2. The Balaban J connectivity index is 0.00000196. The van der Waals surface area contributed by atoms with Gasteiger partial charge in [0.1, 0.15) is 5.69 Å². The van der Waals surface area contributed by atoms with E-state index >= 15 is 0 Å². The van der Waals surface area contributed by atoms with Crippen LogP contribution in [-0.4, -0.2) is 36.4 Å². The highest BCUT2D eigenvalue weighted by Gasteiger charge is 2.24. The number of nitrogens with one attached hydrogen (secondary N) is 1. The van der Waals surface area contributed by atoms with Crippen LogP contribution in [0.3, 0.4) is 0 Å². The van der Waals surface area contributed by atoms with Gasteiger partial charge in [-0.25, -0.2) is 0 Å². The van der Waals surface area contributed by atoms with Crippen molar-refractivity contribution in [2.24, 2.45) is 0 Å². The van der Waals surface area contributed by atoms with Crippen molar-refractivity contribution in [3.05, 3.63) is 52.5 Å². The van der Waals surface area contributed by atoms with Crippen LogP contribution in [0.25, 0.3) is 22.0 Å². The molecule has 4 rings (SSSR count). The predicted molar refractivity (Wildman–Crippen MR) is 112 cm³/mol. The van der Waals surface area contributed by atoms with Gasteiger partial charge in [-0.1, -0.05) is 41.4 Å². The maximum atomic E-state index is 6.28. The molecule has 0 saturated carbocycles. The van der Waals surface area contributed by atoms with Gasteiger partial charge in [0.15, 0.2) is 5.82 Å². The third-order valence-corrected chi connectivity index (χ3v) is 5.22. The van der Waals surface area contributed by atoms with Gasteiger partial charge in [-0.15, -0.1) is 22.6 Å². The number of anilines is 1. The van der Waals surface area contributed by atoms with Crippen molar-refractivity contribution < 1.29 is 0 Å². The van der Waals surface area contributed by atoms with E-state index in [4.69, 9.17) is 23.2 Å². The maximum Gasteiger partial charge on any atom is 0.159 e. The molecule has 4 nitrogen and oxygen atoms in total. The lowest BCUT2D eigenvalue weighted by Crippen LogP contribution is -2.30. The van der Waals surface area contributed by atoms with Gasteiger partial charge in [0, 0.05) is 45.5 Å². The molecule has 0 spiro atoms. The fourth-order valence-electron chi connectivity index (χ4n) is 3.36. The van der Waals surface area contributed by atoms with Crippen molar-refractivity contribution >= 4 is 52.2 Å². The normalized spacial score (nSPS) is 16.7. The zero-order valence-electron chi connectivity index (χ0n) is 14.2. The smallest absolute Gasteiger partial charge is 0.159 e. The molecule has 2 heterocycles. The lowest BCUT2D eigenvalue weighted by atomic mass is 10.0. The lowest BCUT2D eigenvalue weighted by Gasteiger charge is -2.20. The van der Waals surface area contributed by atoms with Crippen LogP contribution in [-0.2, 0) is 0 Å². The Morgan fingerprint density at radius 3 is 2.42 bits per heavy atom. The molecule has 0 aliphatic carbocycles. The number of fused-ring (bicyclic) bond motifs is 1. The number of halogens is 3. The first-order valence-electron chi connectivity index (χ1n) is 8.30. The van der Waals surface area contributed by atoms with Crippen molar-refractivity contribution in [3.63, 3.8) is 0 Å². The first kappa shape index (κ1) is 19.2. The summed E-state index contributed by atoms with van der Waals surface area (Å²) in [4.78, 5) is 2.28. The third-order valence-electron chi connectivity index (χ3n) is 4.74. The van der Waals surface area contributed by atoms with Crippen molar-refractivity contribution in [2.45, 2.75) is 12.5 Å². The Kier molecular flexibility index (Phi) is 5.88. The first-order valence-corrected chi connectivity index (χ1v) is 9.05. The third kappa shape index (κ3) is 3.60. The summed E-state index contributed by atoms with van der Waals surface area (Å²) in [6.45, 7) is 1.88. The Morgan fingerprint density at radius 2 is 1.73 bits per heavy atom. The number of benzene rings is 2. The highest BCUT2D eigenvalue weighted by Crippen LogP contribution is 2.34. The van der Waals surface area contributed by atoms with E-state index in [9.17, 15) is 0 Å². The van der Waals surface area contributed by atoms with E-state index in [-0.39, 0.29) is 12.4 Å². The Bertz CT molecular complexity index is 915. The second-order valence-electron chi connectivity index (χ2n) is 6.29. The van der Waals surface area contributed by atoms with Crippen molar-refractivity contribution in [3.8, 4) is 11.3 Å². The molecule has 26 heavy (non-hydrogen) atoms. The van der Waals surface area contributed by atoms with Crippen LogP contribution < -0.4 is 10.2 Å². The molecule has 3 aromatic rings. The van der Waals surface area contributed by atoms with E-state index in [0.717, 1.165) is 47.4 Å². The maximum absolute atomic E-state index is 6.28. The molecule has 1 aromatic heterocycles. The van der Waals surface area contributed by atoms with E-state index in [1.54, 1.807) is 0 Å². The van der Waals surface area contributed by atoms with Gasteiger partial charge in [-0.2, -0.15) is 0 Å². The zero-order chi connectivity index (χ0) is 17.4. The summed E-state index contributed by atoms with van der Waals surface area (Å²) in [6, 6.07) is 14.0. The fraction of sp³-hybridized carbons (Fsp3) is 0.263. The second kappa shape index (κ2) is 7.97. The van der Waals surface area contributed by atoms with E-state index in [1.807, 2.05) is 49.5 Å². The topological polar surface area (TPSA) is 41.0 Å². The number of rotatable bonds is 3. The molecule has 1 fully saturated rings. The molecule has 0 amide bonds. The number of aromatic nitrogens is 2. The van der Waals surface area contributed by atoms with Crippen molar-refractivity contribution in [1.82, 2.24) is 15.5 Å². The molecule has 1 atom stereocenters. The van der Waals surface area contributed by atoms with E-state index in [2.05, 4.69) is 20.4 Å². The minimum atomic E-state index is 0. The van der Waals surface area contributed by atoms with E-state index in [0.29, 0.717) is 16.1 Å². The summed E-state index contributed by atoms with van der Waals surface area (Å²) >= 11 is 12.3. The minimum Gasteiger partial charge on any atom is -0.353 e. The SMILES string of the molecule is CNC1CCN(c2nnc(-c3ccc(Cl)cc3)c3ccc(Cl)cc23)C1.Cl. The standard InChI is InChI=1S/C19H18Cl2N4.ClH/c1-22-15-8-9-25(11-15)19-17-10-14(21)6-7-16(17)18(23-24-19)12-2-4-13(20)5-3-12;/h2-7,10,15,22H,8-9,11H2,1H3;1H. The Hall–Kier alpha value is -1.59. The van der Waals surface area contributed by atoms with Crippen molar-refractivity contribution in [2.75, 3.05) is 25.0 Å². The van der Waals surface area contributed by atoms with Crippen molar-refractivity contribution in [1.29, 1.82) is 0 Å². The Labute approximate surface area is 168 Å². The fourth-order valence-corrected chi connectivity index (χ4v) is 3.65. The molecule has 1 saturated heterocycles. The van der Waals surface area contributed by atoms with Gasteiger partial charge < -0.3 is 10.2 Å². The average Bonchev–Trinajstić information content (AvgIpc) is 3.10. The molecule has 1 aliphatic rings. The highest BCUT2D eigenvalue weighted by atomic mass is 35.5. The summed E-state index contributed by atoms with van der Waals surface area (Å²) in [6.07, 6.45) is 1.10. The summed E-state index contributed by atoms with van der Waals surface area (Å²) in [5.41, 5.74) is 1.83. The number of hydrogen-bond donors (Lipinski definition) is 1. The molecule has 136 valence electrons. The van der Waals surface area contributed by atoms with E-state index in [1.165, 1.54) is 0 Å². The van der Waals surface area contributed by atoms with Gasteiger partial charge in [-0.3, -0.25) is 0 Å². The molecular formula is C19H19Cl3N4. The Morgan fingerprint density at radius 1 is 1.00 bits per heavy atom. The van der Waals surface area contributed by atoms with Crippen LogP contribution >= 0.6 is 35.6 Å². The summed E-state index contributed by atoms with van der Waals surface area (Å²) in [5.74, 6) is 0.896. The summed E-state index contributed by atoms with van der Waals surface area (Å²) in [7, 11) is 2.00. The molecule has 0 bridgehead atoms. The summed E-state index contributed by atoms with van der Waals surface area (Å²) < 4.78 is 0. The second-order valence-corrected chi connectivity index (χ2v) is 7.16. The van der Waals surface area contributed by atoms with Gasteiger partial charge in [0.2, 0.25) is 0 Å². The minimum absolute atomic E-state index is 0. The van der Waals surface area contributed by atoms with Crippen LogP contribution in [0.2, 0.25) is 10.0 Å².